The third-order valence-corrected chi connectivity index (χ3v) is 4.41. The Bertz CT molecular complexity index is 1040. The third-order valence-electron chi connectivity index (χ3n) is 4.41. The summed E-state index contributed by atoms with van der Waals surface area (Å²) < 4.78 is 43.1. The van der Waals surface area contributed by atoms with Crippen LogP contribution in [-0.2, 0) is 6.18 Å². The molecule has 3 rings (SSSR count). The van der Waals surface area contributed by atoms with Gasteiger partial charge in [-0.15, -0.1) is 0 Å². The van der Waals surface area contributed by atoms with Gasteiger partial charge in [0.25, 0.3) is 0 Å². The molecular formula is C21H18F3N3O3. The average molecular weight is 417 g/mol. The van der Waals surface area contributed by atoms with Gasteiger partial charge < -0.3 is 20.1 Å². The predicted octanol–water partition coefficient (Wildman–Crippen LogP) is 5.32. The lowest BCUT2D eigenvalue weighted by atomic mass is 10.1. The lowest BCUT2D eigenvalue weighted by Gasteiger charge is -2.19. The molecule has 0 amide bonds. The minimum absolute atomic E-state index is 0.0597. The van der Waals surface area contributed by atoms with E-state index >= 15 is 0 Å². The van der Waals surface area contributed by atoms with Gasteiger partial charge in [0.1, 0.15) is 11.6 Å². The van der Waals surface area contributed by atoms with Gasteiger partial charge in [-0.25, -0.2) is 9.78 Å². The number of aromatic nitrogens is 1. The molecule has 0 fully saturated rings. The van der Waals surface area contributed by atoms with Gasteiger partial charge in [-0.3, -0.25) is 0 Å². The number of rotatable bonds is 6. The first-order chi connectivity index (χ1) is 14.2. The zero-order valence-corrected chi connectivity index (χ0v) is 16.1. The van der Waals surface area contributed by atoms with Crippen LogP contribution < -0.4 is 15.0 Å². The monoisotopic (exact) mass is 417 g/mol. The van der Waals surface area contributed by atoms with Crippen molar-refractivity contribution in [1.29, 1.82) is 0 Å². The number of halogens is 3. The Hall–Kier alpha value is -3.75. The van der Waals surface area contributed by atoms with Crippen LogP contribution in [0.4, 0.5) is 36.1 Å². The van der Waals surface area contributed by atoms with E-state index < -0.39 is 17.7 Å². The molecule has 1 heterocycles. The number of nitrogens with one attached hydrogen (secondary N) is 1. The van der Waals surface area contributed by atoms with E-state index in [4.69, 9.17) is 4.74 Å². The maximum Gasteiger partial charge on any atom is 0.417 e. The number of anilines is 4. The Kier molecular flexibility index (Phi) is 5.81. The van der Waals surface area contributed by atoms with Crippen molar-refractivity contribution in [3.05, 3.63) is 71.9 Å². The predicted molar refractivity (Wildman–Crippen MR) is 107 cm³/mol. The van der Waals surface area contributed by atoms with E-state index in [1.54, 1.807) is 48.3 Å². The van der Waals surface area contributed by atoms with E-state index in [1.807, 2.05) is 0 Å². The minimum Gasteiger partial charge on any atom is -0.497 e. The minimum atomic E-state index is -4.44. The number of hydrogen-bond donors (Lipinski definition) is 2. The molecule has 0 saturated heterocycles. The second-order valence-corrected chi connectivity index (χ2v) is 6.35. The van der Waals surface area contributed by atoms with Crippen molar-refractivity contribution in [2.75, 3.05) is 24.4 Å². The Morgan fingerprint density at radius 2 is 1.80 bits per heavy atom. The molecule has 0 atom stereocenters. The molecule has 1 aromatic heterocycles. The number of aromatic carboxylic acids is 1. The number of carboxylic acid groups (broad SMARTS) is 1. The van der Waals surface area contributed by atoms with Crippen LogP contribution in [0.5, 0.6) is 5.75 Å². The molecule has 156 valence electrons. The number of nitrogens with zero attached hydrogens (tertiary/aromatic N) is 2. The number of alkyl halides is 3. The highest BCUT2D eigenvalue weighted by Crippen LogP contribution is 2.31. The molecule has 0 radical (unpaired) electrons. The second-order valence-electron chi connectivity index (χ2n) is 6.35. The van der Waals surface area contributed by atoms with Gasteiger partial charge in [0, 0.05) is 24.6 Å². The van der Waals surface area contributed by atoms with Crippen molar-refractivity contribution in [3.8, 4) is 5.75 Å². The maximum absolute atomic E-state index is 12.7. The summed E-state index contributed by atoms with van der Waals surface area (Å²) in [6.45, 7) is 0. The van der Waals surface area contributed by atoms with Crippen molar-refractivity contribution in [1.82, 2.24) is 4.98 Å². The molecule has 30 heavy (non-hydrogen) atoms. The Balaban J connectivity index is 1.77. The topological polar surface area (TPSA) is 74.7 Å². The van der Waals surface area contributed by atoms with Crippen molar-refractivity contribution >= 4 is 28.8 Å². The van der Waals surface area contributed by atoms with Crippen LogP contribution in [0.15, 0.2) is 60.8 Å². The summed E-state index contributed by atoms with van der Waals surface area (Å²) in [5.41, 5.74) is 0.979. The van der Waals surface area contributed by atoms with Crippen molar-refractivity contribution in [2.45, 2.75) is 6.18 Å². The lowest BCUT2D eigenvalue weighted by molar-refractivity contribution is -0.137. The molecule has 0 spiro atoms. The van der Waals surface area contributed by atoms with E-state index in [1.165, 1.54) is 19.2 Å². The van der Waals surface area contributed by atoms with Crippen molar-refractivity contribution in [2.24, 2.45) is 0 Å². The van der Waals surface area contributed by atoms with Crippen LogP contribution in [0.25, 0.3) is 0 Å². The largest absolute Gasteiger partial charge is 0.497 e. The van der Waals surface area contributed by atoms with Crippen molar-refractivity contribution < 1.29 is 27.8 Å². The Morgan fingerprint density at radius 3 is 2.33 bits per heavy atom. The molecule has 0 unspecified atom stereocenters. The number of ether oxygens (including phenoxy) is 1. The number of benzene rings is 2. The van der Waals surface area contributed by atoms with Gasteiger partial charge >= 0.3 is 12.1 Å². The SMILES string of the molecule is COc1ccc(Nc2ccc(N(C)c3ccc(C(F)(F)F)cn3)cc2)c(C(=O)O)c1. The van der Waals surface area contributed by atoms with E-state index in [2.05, 4.69) is 10.3 Å². The van der Waals surface area contributed by atoms with Gasteiger partial charge in [-0.1, -0.05) is 0 Å². The standard InChI is InChI=1S/C21H18F3N3O3/c1-27(19-10-3-13(12-25-19)21(22,23)24)15-6-4-14(5-7-15)26-18-9-8-16(30-2)11-17(18)20(28)29/h3-12,26H,1-2H3,(H,28,29). The molecule has 2 N–H and O–H groups in total. The van der Waals surface area contributed by atoms with Crippen LogP contribution in [0, 0.1) is 0 Å². The summed E-state index contributed by atoms with van der Waals surface area (Å²) in [7, 11) is 3.14. The summed E-state index contributed by atoms with van der Waals surface area (Å²) in [5, 5.41) is 12.4. The first-order valence-corrected chi connectivity index (χ1v) is 8.74. The fourth-order valence-electron chi connectivity index (χ4n) is 2.74. The highest BCUT2D eigenvalue weighted by atomic mass is 19.4. The molecular weight excluding hydrogens is 399 g/mol. The van der Waals surface area contributed by atoms with Crippen LogP contribution in [-0.4, -0.2) is 30.2 Å². The number of methoxy groups -OCH3 is 1. The highest BCUT2D eigenvalue weighted by molar-refractivity contribution is 5.95. The average Bonchev–Trinajstić information content (AvgIpc) is 2.73. The normalized spacial score (nSPS) is 11.1. The zero-order valence-electron chi connectivity index (χ0n) is 16.1. The quantitative estimate of drug-likeness (QED) is 0.566. The van der Waals surface area contributed by atoms with Crippen molar-refractivity contribution in [3.63, 3.8) is 0 Å². The molecule has 3 aromatic rings. The Labute approximate surface area is 170 Å². The van der Waals surface area contributed by atoms with Crippen LogP contribution in [0.1, 0.15) is 15.9 Å². The Morgan fingerprint density at radius 1 is 1.10 bits per heavy atom. The van der Waals surface area contributed by atoms with Gasteiger partial charge in [-0.2, -0.15) is 13.2 Å². The molecule has 0 saturated carbocycles. The summed E-state index contributed by atoms with van der Waals surface area (Å²) in [4.78, 5) is 17.0. The zero-order chi connectivity index (χ0) is 21.9. The summed E-state index contributed by atoms with van der Waals surface area (Å²) >= 11 is 0. The van der Waals surface area contributed by atoms with E-state index in [0.29, 0.717) is 28.6 Å². The first kappa shape index (κ1) is 21.0. The molecule has 0 aliphatic rings. The maximum atomic E-state index is 12.7. The first-order valence-electron chi connectivity index (χ1n) is 8.74. The summed E-state index contributed by atoms with van der Waals surface area (Å²) in [5.74, 6) is -0.313. The molecule has 6 nitrogen and oxygen atoms in total. The van der Waals surface area contributed by atoms with E-state index in [-0.39, 0.29) is 5.56 Å². The highest BCUT2D eigenvalue weighted by Gasteiger charge is 2.30. The number of pyridine rings is 1. The van der Waals surface area contributed by atoms with E-state index in [9.17, 15) is 23.1 Å². The third kappa shape index (κ3) is 4.62. The van der Waals surface area contributed by atoms with Gasteiger partial charge in [0.2, 0.25) is 0 Å². The molecule has 0 aliphatic carbocycles. The summed E-state index contributed by atoms with van der Waals surface area (Å²) in [6, 6.07) is 13.9. The van der Waals surface area contributed by atoms with Gasteiger partial charge in [0.15, 0.2) is 0 Å². The molecule has 2 aromatic carbocycles. The molecule has 9 heteroatoms. The molecule has 0 bridgehead atoms. The number of carboxylic acids is 1. The van der Waals surface area contributed by atoms with Gasteiger partial charge in [-0.05, 0) is 54.6 Å². The molecule has 0 aliphatic heterocycles. The number of carbonyl (C=O) groups is 1. The second kappa shape index (κ2) is 8.32. The van der Waals surface area contributed by atoms with Crippen LogP contribution in [0.2, 0.25) is 0 Å². The fourth-order valence-corrected chi connectivity index (χ4v) is 2.74. The van der Waals surface area contributed by atoms with E-state index in [0.717, 1.165) is 12.3 Å². The van der Waals surface area contributed by atoms with Gasteiger partial charge in [0.05, 0.1) is 23.9 Å². The van der Waals surface area contributed by atoms with Crippen LogP contribution in [0.3, 0.4) is 0 Å². The lowest BCUT2D eigenvalue weighted by Crippen LogP contribution is -2.12. The fraction of sp³-hybridized carbons (Fsp3) is 0.143. The van der Waals surface area contributed by atoms with Crippen LogP contribution >= 0.6 is 0 Å². The number of hydrogen-bond acceptors (Lipinski definition) is 5. The summed E-state index contributed by atoms with van der Waals surface area (Å²) in [6.07, 6.45) is -3.65. The smallest absolute Gasteiger partial charge is 0.417 e.